The first kappa shape index (κ1) is 12.8. The molecule has 1 aromatic rings. The minimum atomic E-state index is -1.07. The summed E-state index contributed by atoms with van der Waals surface area (Å²) in [5.41, 5.74) is -0.0468. The molecule has 1 saturated heterocycles. The predicted molar refractivity (Wildman–Crippen MR) is 65.7 cm³/mol. The third-order valence-electron chi connectivity index (χ3n) is 3.25. The van der Waals surface area contributed by atoms with E-state index in [1.165, 1.54) is 6.07 Å². The second-order valence-corrected chi connectivity index (χ2v) is 4.44. The quantitative estimate of drug-likeness (QED) is 0.827. The summed E-state index contributed by atoms with van der Waals surface area (Å²) in [6.45, 7) is 1.04. The van der Waals surface area contributed by atoms with Crippen LogP contribution >= 0.6 is 0 Å². The molecule has 2 heterocycles. The molecule has 98 valence electrons. The van der Waals surface area contributed by atoms with E-state index in [1.54, 1.807) is 6.07 Å². The Hall–Kier alpha value is -1.69. The fraction of sp³-hybridized carbons (Fsp3) is 0.583. The van der Waals surface area contributed by atoms with Crippen molar-refractivity contribution in [1.29, 1.82) is 0 Å². The SMILES string of the molecule is O=C(O)c1ccc(N2CCCCC2CCO)nn1. The highest BCUT2D eigenvalue weighted by Gasteiger charge is 2.23. The van der Waals surface area contributed by atoms with Gasteiger partial charge in [0, 0.05) is 19.2 Å². The van der Waals surface area contributed by atoms with E-state index in [9.17, 15) is 4.79 Å². The van der Waals surface area contributed by atoms with Gasteiger partial charge in [0.05, 0.1) is 0 Å². The van der Waals surface area contributed by atoms with Crippen LogP contribution in [0.4, 0.5) is 5.82 Å². The van der Waals surface area contributed by atoms with Gasteiger partial charge in [-0.2, -0.15) is 0 Å². The van der Waals surface area contributed by atoms with E-state index in [4.69, 9.17) is 10.2 Å². The molecule has 0 radical (unpaired) electrons. The van der Waals surface area contributed by atoms with E-state index in [0.29, 0.717) is 12.2 Å². The van der Waals surface area contributed by atoms with Crippen LogP contribution in [-0.2, 0) is 0 Å². The molecule has 1 atom stereocenters. The number of aliphatic hydroxyl groups is 1. The van der Waals surface area contributed by atoms with Crippen LogP contribution in [0, 0.1) is 0 Å². The number of carboxylic acid groups (broad SMARTS) is 1. The van der Waals surface area contributed by atoms with E-state index >= 15 is 0 Å². The van der Waals surface area contributed by atoms with Crippen molar-refractivity contribution in [3.63, 3.8) is 0 Å². The Labute approximate surface area is 105 Å². The molecule has 0 saturated carbocycles. The van der Waals surface area contributed by atoms with Gasteiger partial charge in [0.15, 0.2) is 11.5 Å². The molecule has 6 heteroatoms. The lowest BCUT2D eigenvalue weighted by molar-refractivity contribution is 0.0689. The number of nitrogens with zero attached hydrogens (tertiary/aromatic N) is 3. The number of anilines is 1. The van der Waals surface area contributed by atoms with Crippen molar-refractivity contribution in [2.75, 3.05) is 18.1 Å². The average Bonchev–Trinajstić information content (AvgIpc) is 2.40. The summed E-state index contributed by atoms with van der Waals surface area (Å²) < 4.78 is 0. The van der Waals surface area contributed by atoms with Crippen molar-refractivity contribution < 1.29 is 15.0 Å². The summed E-state index contributed by atoms with van der Waals surface area (Å²) in [5.74, 6) is -0.377. The van der Waals surface area contributed by atoms with Crippen LogP contribution in [0.25, 0.3) is 0 Å². The molecule has 1 unspecified atom stereocenters. The van der Waals surface area contributed by atoms with E-state index in [2.05, 4.69) is 15.1 Å². The molecule has 0 aromatic carbocycles. The Balaban J connectivity index is 2.15. The number of rotatable bonds is 4. The van der Waals surface area contributed by atoms with Crippen LogP contribution in [0.3, 0.4) is 0 Å². The van der Waals surface area contributed by atoms with Crippen molar-refractivity contribution in [2.24, 2.45) is 0 Å². The van der Waals surface area contributed by atoms with Crippen LogP contribution in [0.5, 0.6) is 0 Å². The lowest BCUT2D eigenvalue weighted by atomic mass is 10.00. The molecule has 0 amide bonds. The first-order valence-corrected chi connectivity index (χ1v) is 6.17. The normalized spacial score (nSPS) is 19.8. The summed E-state index contributed by atoms with van der Waals surface area (Å²) in [7, 11) is 0. The van der Waals surface area contributed by atoms with Gasteiger partial charge >= 0.3 is 5.97 Å². The number of piperidine rings is 1. The fourth-order valence-electron chi connectivity index (χ4n) is 2.34. The Morgan fingerprint density at radius 2 is 2.22 bits per heavy atom. The zero-order valence-corrected chi connectivity index (χ0v) is 10.1. The van der Waals surface area contributed by atoms with Gasteiger partial charge in [-0.15, -0.1) is 10.2 Å². The van der Waals surface area contributed by atoms with E-state index in [-0.39, 0.29) is 18.3 Å². The van der Waals surface area contributed by atoms with Crippen LogP contribution in [0.15, 0.2) is 12.1 Å². The molecule has 18 heavy (non-hydrogen) atoms. The van der Waals surface area contributed by atoms with E-state index < -0.39 is 5.97 Å². The number of aromatic nitrogens is 2. The topological polar surface area (TPSA) is 86.5 Å². The zero-order chi connectivity index (χ0) is 13.0. The number of carbonyl (C=O) groups is 1. The minimum Gasteiger partial charge on any atom is -0.476 e. The Kier molecular flexibility index (Phi) is 4.09. The van der Waals surface area contributed by atoms with Crippen molar-refractivity contribution >= 4 is 11.8 Å². The highest BCUT2D eigenvalue weighted by molar-refractivity contribution is 5.85. The standard InChI is InChI=1S/C12H17N3O3/c16-8-6-9-3-1-2-7-15(9)11-5-4-10(12(17)18)13-14-11/h4-5,9,16H,1-3,6-8H2,(H,17,18). The van der Waals surface area contributed by atoms with E-state index in [0.717, 1.165) is 25.8 Å². The maximum atomic E-state index is 10.7. The van der Waals surface area contributed by atoms with Gasteiger partial charge in [-0.05, 0) is 37.8 Å². The molecule has 0 spiro atoms. The highest BCUT2D eigenvalue weighted by atomic mass is 16.4. The number of aromatic carboxylic acids is 1. The Morgan fingerprint density at radius 1 is 1.39 bits per heavy atom. The first-order valence-electron chi connectivity index (χ1n) is 6.17. The van der Waals surface area contributed by atoms with Crippen molar-refractivity contribution in [1.82, 2.24) is 10.2 Å². The second kappa shape index (κ2) is 5.77. The molecule has 6 nitrogen and oxygen atoms in total. The highest BCUT2D eigenvalue weighted by Crippen LogP contribution is 2.24. The fourth-order valence-corrected chi connectivity index (χ4v) is 2.34. The van der Waals surface area contributed by atoms with Crippen LogP contribution in [-0.4, -0.2) is 45.6 Å². The molecule has 1 fully saturated rings. The van der Waals surface area contributed by atoms with Crippen molar-refractivity contribution in [2.45, 2.75) is 31.7 Å². The summed E-state index contributed by atoms with van der Waals surface area (Å²) >= 11 is 0. The van der Waals surface area contributed by atoms with Gasteiger partial charge in [-0.1, -0.05) is 0 Å². The molecule has 1 aliphatic heterocycles. The first-order chi connectivity index (χ1) is 8.72. The molecule has 1 aliphatic rings. The Morgan fingerprint density at radius 3 is 2.83 bits per heavy atom. The Bertz CT molecular complexity index is 406. The molecule has 0 bridgehead atoms. The maximum Gasteiger partial charge on any atom is 0.356 e. The molecule has 1 aromatic heterocycles. The van der Waals surface area contributed by atoms with Crippen LogP contribution < -0.4 is 4.90 Å². The second-order valence-electron chi connectivity index (χ2n) is 4.44. The number of hydrogen-bond acceptors (Lipinski definition) is 5. The predicted octanol–water partition coefficient (Wildman–Crippen LogP) is 0.916. The number of hydrogen-bond donors (Lipinski definition) is 2. The summed E-state index contributed by atoms with van der Waals surface area (Å²) in [6.07, 6.45) is 3.98. The third kappa shape index (κ3) is 2.76. The molecule has 2 rings (SSSR count). The van der Waals surface area contributed by atoms with E-state index in [1.807, 2.05) is 0 Å². The van der Waals surface area contributed by atoms with Gasteiger partial charge in [0.25, 0.3) is 0 Å². The lowest BCUT2D eigenvalue weighted by Gasteiger charge is -2.36. The third-order valence-corrected chi connectivity index (χ3v) is 3.25. The number of aliphatic hydroxyl groups excluding tert-OH is 1. The maximum absolute atomic E-state index is 10.7. The number of carboxylic acids is 1. The smallest absolute Gasteiger partial charge is 0.356 e. The van der Waals surface area contributed by atoms with Crippen LogP contribution in [0.1, 0.15) is 36.2 Å². The molecule has 0 aliphatic carbocycles. The van der Waals surface area contributed by atoms with Crippen molar-refractivity contribution in [3.8, 4) is 0 Å². The zero-order valence-electron chi connectivity index (χ0n) is 10.1. The van der Waals surface area contributed by atoms with Gasteiger partial charge in [-0.25, -0.2) is 4.79 Å². The summed E-state index contributed by atoms with van der Waals surface area (Å²) in [5, 5.41) is 25.5. The van der Waals surface area contributed by atoms with Gasteiger partial charge in [0.1, 0.15) is 0 Å². The summed E-state index contributed by atoms with van der Waals surface area (Å²) in [4.78, 5) is 12.8. The molecular weight excluding hydrogens is 234 g/mol. The van der Waals surface area contributed by atoms with Gasteiger partial charge in [-0.3, -0.25) is 0 Å². The van der Waals surface area contributed by atoms with Crippen molar-refractivity contribution in [3.05, 3.63) is 17.8 Å². The summed E-state index contributed by atoms with van der Waals surface area (Å²) in [6, 6.07) is 3.43. The van der Waals surface area contributed by atoms with Gasteiger partial charge in [0.2, 0.25) is 0 Å². The molecule has 2 N–H and O–H groups in total. The average molecular weight is 251 g/mol. The van der Waals surface area contributed by atoms with Crippen LogP contribution in [0.2, 0.25) is 0 Å². The molecular formula is C12H17N3O3. The van der Waals surface area contributed by atoms with Gasteiger partial charge < -0.3 is 15.1 Å². The largest absolute Gasteiger partial charge is 0.476 e. The monoisotopic (exact) mass is 251 g/mol. The minimum absolute atomic E-state index is 0.0468. The lowest BCUT2D eigenvalue weighted by Crippen LogP contribution is -2.40.